The van der Waals surface area contributed by atoms with E-state index in [9.17, 15) is 13.2 Å². The van der Waals surface area contributed by atoms with Gasteiger partial charge in [0, 0.05) is 5.56 Å². The largest absolute Gasteiger partial charge is 0.241 e. The van der Waals surface area contributed by atoms with Crippen LogP contribution in [-0.2, 0) is 0 Å². The van der Waals surface area contributed by atoms with Crippen LogP contribution in [0.25, 0.3) is 22.1 Å². The number of nitrogens with zero attached hydrogens (tertiary/aromatic N) is 2. The van der Waals surface area contributed by atoms with Crippen LogP contribution >= 0.6 is 0 Å². The summed E-state index contributed by atoms with van der Waals surface area (Å²) in [5.74, 6) is -3.25. The Morgan fingerprint density at radius 3 is 2.16 bits per heavy atom. The fraction of sp³-hybridized carbons (Fsp3) is 0.143. The van der Waals surface area contributed by atoms with Gasteiger partial charge in [-0.2, -0.15) is 0 Å². The Hall–Kier alpha value is -2.17. The SMILES string of the molecule is Cc1ccc2nc3c(F)c(C)c(F)c(F)c3nc2c1. The second-order valence-electron chi connectivity index (χ2n) is 4.48. The van der Waals surface area contributed by atoms with Crippen molar-refractivity contribution in [3.05, 3.63) is 46.8 Å². The molecule has 0 radical (unpaired) electrons. The summed E-state index contributed by atoms with van der Waals surface area (Å²) in [7, 11) is 0. The van der Waals surface area contributed by atoms with Crippen molar-refractivity contribution in [3.63, 3.8) is 0 Å². The van der Waals surface area contributed by atoms with E-state index in [0.717, 1.165) is 5.56 Å². The second kappa shape index (κ2) is 3.91. The summed E-state index contributed by atoms with van der Waals surface area (Å²) >= 11 is 0. The highest BCUT2D eigenvalue weighted by Gasteiger charge is 2.20. The highest BCUT2D eigenvalue weighted by atomic mass is 19.2. The maximum Gasteiger partial charge on any atom is 0.187 e. The molecule has 0 amide bonds. The second-order valence-corrected chi connectivity index (χ2v) is 4.48. The van der Waals surface area contributed by atoms with Gasteiger partial charge in [0.15, 0.2) is 17.5 Å². The van der Waals surface area contributed by atoms with Gasteiger partial charge in [0.2, 0.25) is 0 Å². The lowest BCUT2D eigenvalue weighted by Gasteiger charge is -2.07. The Labute approximate surface area is 106 Å². The summed E-state index contributed by atoms with van der Waals surface area (Å²) in [6, 6.07) is 5.16. The summed E-state index contributed by atoms with van der Waals surface area (Å²) in [5, 5.41) is 0. The molecule has 1 aromatic heterocycles. The average molecular weight is 262 g/mol. The molecular formula is C14H9F3N2. The van der Waals surface area contributed by atoms with E-state index in [1.807, 2.05) is 6.92 Å². The number of hydrogen-bond acceptors (Lipinski definition) is 2. The number of aryl methyl sites for hydroxylation is 1. The molecule has 2 nitrogen and oxygen atoms in total. The van der Waals surface area contributed by atoms with Crippen molar-refractivity contribution in [1.29, 1.82) is 0 Å². The molecular weight excluding hydrogens is 253 g/mol. The molecule has 0 N–H and O–H groups in total. The van der Waals surface area contributed by atoms with Gasteiger partial charge < -0.3 is 0 Å². The van der Waals surface area contributed by atoms with Crippen LogP contribution in [0.15, 0.2) is 18.2 Å². The Morgan fingerprint density at radius 1 is 0.789 bits per heavy atom. The highest BCUT2D eigenvalue weighted by Crippen LogP contribution is 2.26. The van der Waals surface area contributed by atoms with Crippen molar-refractivity contribution < 1.29 is 13.2 Å². The molecule has 5 heteroatoms. The maximum absolute atomic E-state index is 13.9. The number of halogens is 3. The number of aromatic nitrogens is 2. The van der Waals surface area contributed by atoms with Crippen LogP contribution < -0.4 is 0 Å². The first-order valence-electron chi connectivity index (χ1n) is 5.70. The van der Waals surface area contributed by atoms with E-state index in [-0.39, 0.29) is 16.6 Å². The highest BCUT2D eigenvalue weighted by molar-refractivity contribution is 5.87. The van der Waals surface area contributed by atoms with Crippen LogP contribution in [0.2, 0.25) is 0 Å². The van der Waals surface area contributed by atoms with Crippen molar-refractivity contribution >= 4 is 22.1 Å². The number of hydrogen-bond donors (Lipinski definition) is 0. The van der Waals surface area contributed by atoms with Crippen molar-refractivity contribution in [2.75, 3.05) is 0 Å². The third kappa shape index (κ3) is 1.65. The summed E-state index contributed by atoms with van der Waals surface area (Å²) in [6.45, 7) is 3.02. The minimum absolute atomic E-state index is 0.243. The molecule has 0 spiro atoms. The van der Waals surface area contributed by atoms with Gasteiger partial charge >= 0.3 is 0 Å². The van der Waals surface area contributed by atoms with Crippen molar-refractivity contribution in [1.82, 2.24) is 9.97 Å². The Balaban J connectivity index is 2.55. The monoisotopic (exact) mass is 262 g/mol. The molecule has 3 aromatic rings. The lowest BCUT2D eigenvalue weighted by atomic mass is 10.1. The first kappa shape index (κ1) is 11.9. The molecule has 19 heavy (non-hydrogen) atoms. The van der Waals surface area contributed by atoms with Gasteiger partial charge in [0.1, 0.15) is 11.0 Å². The summed E-state index contributed by atoms with van der Waals surface area (Å²) in [4.78, 5) is 8.02. The summed E-state index contributed by atoms with van der Waals surface area (Å²) < 4.78 is 41.3. The van der Waals surface area contributed by atoms with E-state index in [4.69, 9.17) is 0 Å². The van der Waals surface area contributed by atoms with Gasteiger partial charge in [-0.3, -0.25) is 0 Å². The molecule has 0 aliphatic heterocycles. The number of benzene rings is 2. The van der Waals surface area contributed by atoms with Crippen LogP contribution in [0.5, 0.6) is 0 Å². The minimum atomic E-state index is -1.22. The molecule has 0 bridgehead atoms. The molecule has 0 aliphatic rings. The molecule has 1 heterocycles. The zero-order valence-corrected chi connectivity index (χ0v) is 10.3. The van der Waals surface area contributed by atoms with Gasteiger partial charge in [-0.25, -0.2) is 23.1 Å². The summed E-state index contributed by atoms with van der Waals surface area (Å²) in [5.41, 5.74) is 0.767. The Bertz CT molecular complexity index is 828. The predicted octanol–water partition coefficient (Wildman–Crippen LogP) is 3.82. The van der Waals surface area contributed by atoms with Gasteiger partial charge in [-0.1, -0.05) is 6.07 Å². The molecule has 96 valence electrons. The van der Waals surface area contributed by atoms with Gasteiger partial charge in [-0.15, -0.1) is 0 Å². The predicted molar refractivity (Wildman–Crippen MR) is 66.4 cm³/mol. The van der Waals surface area contributed by atoms with Crippen LogP contribution in [0.3, 0.4) is 0 Å². The third-order valence-electron chi connectivity index (χ3n) is 3.09. The lowest BCUT2D eigenvalue weighted by molar-refractivity contribution is 0.495. The fourth-order valence-corrected chi connectivity index (χ4v) is 2.01. The van der Waals surface area contributed by atoms with Crippen molar-refractivity contribution in [3.8, 4) is 0 Å². The molecule has 0 aliphatic carbocycles. The maximum atomic E-state index is 13.9. The quantitative estimate of drug-likeness (QED) is 0.454. The van der Waals surface area contributed by atoms with Crippen LogP contribution in [0, 0.1) is 31.3 Å². The topological polar surface area (TPSA) is 25.8 Å². The van der Waals surface area contributed by atoms with E-state index in [0.29, 0.717) is 11.0 Å². The Kier molecular flexibility index (Phi) is 2.45. The molecule has 0 fully saturated rings. The van der Waals surface area contributed by atoms with Crippen molar-refractivity contribution in [2.24, 2.45) is 0 Å². The lowest BCUT2D eigenvalue weighted by Crippen LogP contribution is -2.01. The van der Waals surface area contributed by atoms with Crippen LogP contribution in [-0.4, -0.2) is 9.97 Å². The summed E-state index contributed by atoms with van der Waals surface area (Å²) in [6.07, 6.45) is 0. The Morgan fingerprint density at radius 2 is 1.42 bits per heavy atom. The van der Waals surface area contributed by atoms with Gasteiger partial charge in [0.05, 0.1) is 11.0 Å². The molecule has 2 aromatic carbocycles. The zero-order valence-electron chi connectivity index (χ0n) is 10.3. The van der Waals surface area contributed by atoms with Crippen LogP contribution in [0.1, 0.15) is 11.1 Å². The van der Waals surface area contributed by atoms with Gasteiger partial charge in [-0.05, 0) is 31.5 Å². The fourth-order valence-electron chi connectivity index (χ4n) is 2.01. The van der Waals surface area contributed by atoms with E-state index in [2.05, 4.69) is 9.97 Å². The first-order chi connectivity index (χ1) is 8.99. The molecule has 0 atom stereocenters. The molecule has 0 unspecified atom stereocenters. The molecule has 3 rings (SSSR count). The third-order valence-corrected chi connectivity index (χ3v) is 3.09. The molecule has 0 saturated heterocycles. The van der Waals surface area contributed by atoms with E-state index in [1.54, 1.807) is 18.2 Å². The number of fused-ring (bicyclic) bond motifs is 2. The number of rotatable bonds is 0. The van der Waals surface area contributed by atoms with Crippen molar-refractivity contribution in [2.45, 2.75) is 13.8 Å². The van der Waals surface area contributed by atoms with Crippen LogP contribution in [0.4, 0.5) is 13.2 Å². The van der Waals surface area contributed by atoms with Gasteiger partial charge in [0.25, 0.3) is 0 Å². The van der Waals surface area contributed by atoms with E-state index >= 15 is 0 Å². The minimum Gasteiger partial charge on any atom is -0.241 e. The standard InChI is InChI=1S/C14H9F3N2/c1-6-3-4-8-9(5-6)19-14-12(17)10(15)7(2)11(16)13(14)18-8/h3-5H,1-2H3. The molecule has 0 saturated carbocycles. The normalized spacial score (nSPS) is 11.4. The zero-order chi connectivity index (χ0) is 13.7. The average Bonchev–Trinajstić information content (AvgIpc) is 2.41. The first-order valence-corrected chi connectivity index (χ1v) is 5.70. The van der Waals surface area contributed by atoms with E-state index < -0.39 is 17.5 Å². The smallest absolute Gasteiger partial charge is 0.187 e. The van der Waals surface area contributed by atoms with E-state index in [1.165, 1.54) is 6.92 Å².